The Bertz CT molecular complexity index is 516. The number of carbonyl (C=O) groups excluding carboxylic acids is 1. The Morgan fingerprint density at radius 1 is 1.33 bits per heavy atom. The maximum atomic E-state index is 12.7. The van der Waals surface area contributed by atoms with Gasteiger partial charge in [0.25, 0.3) is 0 Å². The molecule has 0 aromatic heterocycles. The summed E-state index contributed by atoms with van der Waals surface area (Å²) in [5.74, 6) is 0.983. The number of carbonyl (C=O) groups is 1. The molecule has 4 rings (SSSR count). The van der Waals surface area contributed by atoms with Crippen LogP contribution in [-0.4, -0.2) is 22.6 Å². The molecule has 1 aliphatic carbocycles. The fourth-order valence-corrected chi connectivity index (χ4v) is 6.37. The van der Waals surface area contributed by atoms with Crippen molar-refractivity contribution in [2.24, 2.45) is 5.92 Å². The fraction of sp³-hybridized carbons (Fsp3) is 0.533. The van der Waals surface area contributed by atoms with Gasteiger partial charge >= 0.3 is 0 Å². The van der Waals surface area contributed by atoms with Crippen LogP contribution in [0.2, 0.25) is 0 Å². The Morgan fingerprint density at radius 2 is 2.11 bits per heavy atom. The van der Waals surface area contributed by atoms with Crippen molar-refractivity contribution in [3.63, 3.8) is 0 Å². The van der Waals surface area contributed by atoms with Crippen molar-refractivity contribution in [2.45, 2.75) is 35.3 Å². The molecule has 1 aromatic carbocycles. The highest BCUT2D eigenvalue weighted by atomic mass is 32.2. The van der Waals surface area contributed by atoms with E-state index in [9.17, 15) is 4.79 Å². The predicted octanol–water partition coefficient (Wildman–Crippen LogP) is 2.99. The lowest BCUT2D eigenvalue weighted by molar-refractivity contribution is -0.138. The topological polar surface area (TPSA) is 20.3 Å². The molecule has 1 spiro atoms. The minimum Gasteiger partial charge on any atom is -0.326 e. The van der Waals surface area contributed by atoms with Crippen LogP contribution in [0.4, 0.5) is 0 Å². The van der Waals surface area contributed by atoms with E-state index in [1.54, 1.807) is 0 Å². The molecule has 1 amide bonds. The average molecular weight is 259 g/mol. The van der Waals surface area contributed by atoms with E-state index in [1.165, 1.54) is 18.4 Å². The first-order valence-corrected chi connectivity index (χ1v) is 7.55. The zero-order valence-electron chi connectivity index (χ0n) is 10.6. The molecule has 2 aliphatic heterocycles. The van der Waals surface area contributed by atoms with Crippen molar-refractivity contribution in [2.75, 3.05) is 7.05 Å². The molecule has 0 N–H and O–H groups in total. The van der Waals surface area contributed by atoms with E-state index in [2.05, 4.69) is 24.3 Å². The Balaban J connectivity index is 1.86. The van der Waals surface area contributed by atoms with E-state index in [0.29, 0.717) is 11.8 Å². The highest BCUT2D eigenvalue weighted by molar-refractivity contribution is 8.03. The fourth-order valence-electron chi connectivity index (χ4n) is 4.17. The van der Waals surface area contributed by atoms with Gasteiger partial charge in [-0.05, 0) is 30.7 Å². The zero-order valence-corrected chi connectivity index (χ0v) is 11.4. The van der Waals surface area contributed by atoms with Crippen LogP contribution >= 0.6 is 11.8 Å². The molecule has 94 valence electrons. The van der Waals surface area contributed by atoms with E-state index in [1.807, 2.05) is 29.8 Å². The summed E-state index contributed by atoms with van der Waals surface area (Å²) in [6.07, 6.45) is 4.69. The number of hydrogen-bond acceptors (Lipinski definition) is 2. The number of thioether (sulfide) groups is 1. The molecule has 3 atom stereocenters. The lowest BCUT2D eigenvalue weighted by Gasteiger charge is -2.38. The molecule has 0 unspecified atom stereocenters. The minimum absolute atomic E-state index is 0.0788. The molecule has 1 aromatic rings. The number of piperidine rings is 1. The van der Waals surface area contributed by atoms with Crippen molar-refractivity contribution >= 4 is 17.7 Å². The van der Waals surface area contributed by atoms with Crippen molar-refractivity contribution in [1.82, 2.24) is 4.90 Å². The van der Waals surface area contributed by atoms with Gasteiger partial charge in [-0.3, -0.25) is 4.79 Å². The lowest BCUT2D eigenvalue weighted by Crippen LogP contribution is -2.49. The van der Waals surface area contributed by atoms with E-state index in [-0.39, 0.29) is 9.62 Å². The SMILES string of the molecule is CN1C(=O)[C@@]23CCC[C@@H]2C[C@@]1(c1ccccc1)S3. The Hall–Kier alpha value is -0.960. The van der Waals surface area contributed by atoms with Crippen LogP contribution < -0.4 is 0 Å². The number of benzene rings is 1. The number of likely N-dealkylation sites (tertiary alicyclic amines) is 1. The van der Waals surface area contributed by atoms with Crippen LogP contribution in [0.25, 0.3) is 0 Å². The third-order valence-corrected chi connectivity index (χ3v) is 7.16. The first-order chi connectivity index (χ1) is 8.69. The summed E-state index contributed by atoms with van der Waals surface area (Å²) in [5, 5.41) is 0. The zero-order chi connectivity index (χ0) is 12.4. The molecule has 3 aliphatic rings. The first kappa shape index (κ1) is 10.9. The molecule has 2 bridgehead atoms. The van der Waals surface area contributed by atoms with Gasteiger partial charge in [-0.1, -0.05) is 36.8 Å². The summed E-state index contributed by atoms with van der Waals surface area (Å²) in [6, 6.07) is 10.6. The van der Waals surface area contributed by atoms with E-state index < -0.39 is 0 Å². The third-order valence-electron chi connectivity index (χ3n) is 5.07. The van der Waals surface area contributed by atoms with Gasteiger partial charge in [0.2, 0.25) is 5.91 Å². The van der Waals surface area contributed by atoms with Crippen molar-refractivity contribution < 1.29 is 4.79 Å². The van der Waals surface area contributed by atoms with Crippen LogP contribution in [0, 0.1) is 5.92 Å². The Kier molecular flexibility index (Phi) is 2.02. The molecule has 2 heterocycles. The third kappa shape index (κ3) is 1.05. The van der Waals surface area contributed by atoms with E-state index in [4.69, 9.17) is 0 Å². The smallest absolute Gasteiger partial charge is 0.240 e. The molecule has 2 saturated heterocycles. The summed E-state index contributed by atoms with van der Waals surface area (Å²) in [6.45, 7) is 0. The van der Waals surface area contributed by atoms with Crippen molar-refractivity contribution in [3.8, 4) is 0 Å². The van der Waals surface area contributed by atoms with Gasteiger partial charge < -0.3 is 4.90 Å². The second kappa shape index (κ2) is 3.32. The van der Waals surface area contributed by atoms with E-state index in [0.717, 1.165) is 12.8 Å². The molecule has 0 radical (unpaired) electrons. The largest absolute Gasteiger partial charge is 0.326 e. The Morgan fingerprint density at radius 3 is 2.89 bits per heavy atom. The summed E-state index contributed by atoms with van der Waals surface area (Å²) in [7, 11) is 1.99. The summed E-state index contributed by atoms with van der Waals surface area (Å²) in [4.78, 5) is 14.6. The van der Waals surface area contributed by atoms with Gasteiger partial charge in [0.1, 0.15) is 9.62 Å². The highest BCUT2D eigenvalue weighted by Gasteiger charge is 2.70. The molecule has 3 fully saturated rings. The van der Waals surface area contributed by atoms with Crippen LogP contribution in [0.3, 0.4) is 0 Å². The van der Waals surface area contributed by atoms with Crippen LogP contribution in [0.15, 0.2) is 30.3 Å². The van der Waals surface area contributed by atoms with Gasteiger partial charge in [0.05, 0.1) is 0 Å². The summed E-state index contributed by atoms with van der Waals surface area (Å²) < 4.78 is -0.0788. The molecule has 3 heteroatoms. The van der Waals surface area contributed by atoms with Gasteiger partial charge in [-0.25, -0.2) is 0 Å². The maximum Gasteiger partial charge on any atom is 0.240 e. The number of amides is 1. The first-order valence-electron chi connectivity index (χ1n) is 6.73. The van der Waals surface area contributed by atoms with Crippen molar-refractivity contribution in [3.05, 3.63) is 35.9 Å². The second-order valence-corrected chi connectivity index (χ2v) is 7.41. The number of nitrogens with zero attached hydrogens (tertiary/aromatic N) is 1. The highest BCUT2D eigenvalue weighted by Crippen LogP contribution is 2.70. The Labute approximate surface area is 112 Å². The van der Waals surface area contributed by atoms with Gasteiger partial charge in [0, 0.05) is 7.05 Å². The monoisotopic (exact) mass is 259 g/mol. The number of hydrogen-bond donors (Lipinski definition) is 0. The van der Waals surface area contributed by atoms with Crippen LogP contribution in [0.1, 0.15) is 31.2 Å². The molecule has 2 nitrogen and oxygen atoms in total. The van der Waals surface area contributed by atoms with Gasteiger partial charge in [0.15, 0.2) is 0 Å². The standard InChI is InChI=1S/C15H17NOS/c1-16-13(17)14-9-5-8-12(14)10-15(16,18-14)11-6-3-2-4-7-11/h2-4,6-7,12H,5,8-10H2,1H3/t12-,14-,15+/m1/s1. The molecular weight excluding hydrogens is 242 g/mol. The van der Waals surface area contributed by atoms with Crippen LogP contribution in [-0.2, 0) is 9.67 Å². The molecule has 18 heavy (non-hydrogen) atoms. The predicted molar refractivity (Wildman–Crippen MR) is 73.2 cm³/mol. The number of rotatable bonds is 1. The van der Waals surface area contributed by atoms with Gasteiger partial charge in [-0.15, -0.1) is 11.8 Å². The molecular formula is C15H17NOS. The van der Waals surface area contributed by atoms with E-state index >= 15 is 0 Å². The minimum atomic E-state index is -0.0799. The summed E-state index contributed by atoms with van der Waals surface area (Å²) >= 11 is 1.94. The van der Waals surface area contributed by atoms with Crippen molar-refractivity contribution in [1.29, 1.82) is 0 Å². The number of fused-ring (bicyclic) bond motifs is 1. The van der Waals surface area contributed by atoms with Crippen LogP contribution in [0.5, 0.6) is 0 Å². The summed E-state index contributed by atoms with van der Waals surface area (Å²) in [5.41, 5.74) is 1.30. The average Bonchev–Trinajstić information content (AvgIpc) is 2.99. The normalized spacial score (nSPS) is 41.5. The lowest BCUT2D eigenvalue weighted by atomic mass is 9.81. The maximum absolute atomic E-state index is 12.7. The van der Waals surface area contributed by atoms with Gasteiger partial charge in [-0.2, -0.15) is 0 Å². The quantitative estimate of drug-likeness (QED) is 0.773. The second-order valence-electron chi connectivity index (χ2n) is 5.80. The molecule has 1 saturated carbocycles.